The van der Waals surface area contributed by atoms with Gasteiger partial charge in [-0.25, -0.2) is 0 Å². The molecule has 0 aliphatic carbocycles. The molecule has 3 rings (SSSR count). The first kappa shape index (κ1) is 19.4. The number of aryl methyl sites for hydroxylation is 1. The maximum Gasteiger partial charge on any atom is 0.270 e. The van der Waals surface area contributed by atoms with Gasteiger partial charge < -0.3 is 23.7 Å². The van der Waals surface area contributed by atoms with Crippen molar-refractivity contribution in [2.45, 2.75) is 57.3 Å². The number of likely N-dealkylation sites (tertiary alicyclic amines) is 1. The summed E-state index contributed by atoms with van der Waals surface area (Å²) in [6, 6.07) is 3.79. The minimum atomic E-state index is -0.132. The molecule has 2 saturated heterocycles. The summed E-state index contributed by atoms with van der Waals surface area (Å²) in [5.41, 5.74) is 0.615. The lowest BCUT2D eigenvalue weighted by Crippen LogP contribution is -2.52. The predicted octanol–water partition coefficient (Wildman–Crippen LogP) is 2.62. The van der Waals surface area contributed by atoms with E-state index in [1.54, 1.807) is 0 Å². The first-order valence-electron chi connectivity index (χ1n) is 9.77. The largest absolute Gasteiger partial charge is 0.376 e. The SMILES string of the molecule is CC(C)OCCOC1CCOC2(CCN(C(=O)c3cccn3C)CC2)C1. The van der Waals surface area contributed by atoms with E-state index in [-0.39, 0.29) is 23.7 Å². The second kappa shape index (κ2) is 8.55. The molecule has 0 bridgehead atoms. The smallest absolute Gasteiger partial charge is 0.270 e. The van der Waals surface area contributed by atoms with Crippen LogP contribution in [0.3, 0.4) is 0 Å². The summed E-state index contributed by atoms with van der Waals surface area (Å²) >= 11 is 0. The summed E-state index contributed by atoms with van der Waals surface area (Å²) in [5.74, 6) is 0.113. The molecule has 0 aromatic carbocycles. The molecule has 3 heterocycles. The van der Waals surface area contributed by atoms with Crippen molar-refractivity contribution in [3.8, 4) is 0 Å². The Labute approximate surface area is 156 Å². The van der Waals surface area contributed by atoms with Gasteiger partial charge in [-0.2, -0.15) is 0 Å². The molecule has 2 aliphatic rings. The molecule has 1 spiro atoms. The predicted molar refractivity (Wildman–Crippen MR) is 99.3 cm³/mol. The fraction of sp³-hybridized carbons (Fsp3) is 0.750. The molecule has 6 nitrogen and oxygen atoms in total. The third-order valence-corrected chi connectivity index (χ3v) is 5.46. The molecular formula is C20H32N2O4. The number of carbonyl (C=O) groups excluding carboxylic acids is 1. The van der Waals surface area contributed by atoms with Crippen molar-refractivity contribution in [2.75, 3.05) is 32.9 Å². The monoisotopic (exact) mass is 364 g/mol. The molecule has 1 unspecified atom stereocenters. The third-order valence-electron chi connectivity index (χ3n) is 5.46. The second-order valence-electron chi connectivity index (χ2n) is 7.73. The molecule has 0 saturated carbocycles. The molecule has 2 aliphatic heterocycles. The minimum absolute atomic E-state index is 0.113. The van der Waals surface area contributed by atoms with Gasteiger partial charge in [0.2, 0.25) is 0 Å². The van der Waals surface area contributed by atoms with Crippen LogP contribution in [0.5, 0.6) is 0 Å². The maximum atomic E-state index is 12.7. The van der Waals surface area contributed by atoms with E-state index < -0.39 is 0 Å². The normalized spacial score (nSPS) is 22.9. The Morgan fingerprint density at radius 2 is 2.12 bits per heavy atom. The van der Waals surface area contributed by atoms with Gasteiger partial charge in [-0.15, -0.1) is 0 Å². The van der Waals surface area contributed by atoms with E-state index in [0.29, 0.717) is 13.2 Å². The highest BCUT2D eigenvalue weighted by atomic mass is 16.5. The van der Waals surface area contributed by atoms with Crippen LogP contribution >= 0.6 is 0 Å². The summed E-state index contributed by atoms with van der Waals surface area (Å²) in [4.78, 5) is 14.6. The van der Waals surface area contributed by atoms with Crippen molar-refractivity contribution in [3.63, 3.8) is 0 Å². The van der Waals surface area contributed by atoms with Crippen LogP contribution in [0.4, 0.5) is 0 Å². The summed E-state index contributed by atoms with van der Waals surface area (Å²) in [6.07, 6.45) is 6.00. The van der Waals surface area contributed by atoms with Crippen LogP contribution in [0, 0.1) is 0 Å². The van der Waals surface area contributed by atoms with E-state index in [9.17, 15) is 4.79 Å². The minimum Gasteiger partial charge on any atom is -0.376 e. The molecule has 0 N–H and O–H groups in total. The highest BCUT2D eigenvalue weighted by molar-refractivity contribution is 5.92. The lowest BCUT2D eigenvalue weighted by atomic mass is 9.83. The van der Waals surface area contributed by atoms with Crippen LogP contribution in [0.2, 0.25) is 0 Å². The Balaban J connectivity index is 1.48. The number of hydrogen-bond acceptors (Lipinski definition) is 4. The van der Waals surface area contributed by atoms with Crippen molar-refractivity contribution in [1.29, 1.82) is 0 Å². The van der Waals surface area contributed by atoms with Crippen LogP contribution in [0.25, 0.3) is 0 Å². The molecule has 2 fully saturated rings. The molecule has 26 heavy (non-hydrogen) atoms. The molecule has 0 radical (unpaired) electrons. The van der Waals surface area contributed by atoms with E-state index in [2.05, 4.69) is 0 Å². The summed E-state index contributed by atoms with van der Waals surface area (Å²) in [5, 5.41) is 0. The van der Waals surface area contributed by atoms with Gasteiger partial charge in [-0.1, -0.05) is 0 Å². The zero-order valence-corrected chi connectivity index (χ0v) is 16.3. The van der Waals surface area contributed by atoms with Gasteiger partial charge in [0.25, 0.3) is 5.91 Å². The number of hydrogen-bond donors (Lipinski definition) is 0. The van der Waals surface area contributed by atoms with Gasteiger partial charge in [0.05, 0.1) is 31.0 Å². The quantitative estimate of drug-likeness (QED) is 0.728. The molecule has 6 heteroatoms. The highest BCUT2D eigenvalue weighted by Crippen LogP contribution is 2.36. The number of nitrogens with zero attached hydrogens (tertiary/aromatic N) is 2. The van der Waals surface area contributed by atoms with Crippen LogP contribution < -0.4 is 0 Å². The highest BCUT2D eigenvalue weighted by Gasteiger charge is 2.41. The molecule has 1 aromatic heterocycles. The number of amides is 1. The first-order chi connectivity index (χ1) is 12.5. The van der Waals surface area contributed by atoms with Crippen molar-refractivity contribution >= 4 is 5.91 Å². The fourth-order valence-corrected chi connectivity index (χ4v) is 3.93. The van der Waals surface area contributed by atoms with Crippen LogP contribution in [-0.2, 0) is 21.3 Å². The van der Waals surface area contributed by atoms with Crippen molar-refractivity contribution in [2.24, 2.45) is 7.05 Å². The first-order valence-corrected chi connectivity index (χ1v) is 9.77. The van der Waals surface area contributed by atoms with Crippen molar-refractivity contribution in [3.05, 3.63) is 24.0 Å². The molecule has 1 amide bonds. The van der Waals surface area contributed by atoms with E-state index in [4.69, 9.17) is 14.2 Å². The van der Waals surface area contributed by atoms with E-state index in [1.807, 2.05) is 48.7 Å². The van der Waals surface area contributed by atoms with Gasteiger partial charge in [0, 0.05) is 39.4 Å². The number of ether oxygens (including phenoxy) is 3. The Hall–Kier alpha value is -1.37. The fourth-order valence-electron chi connectivity index (χ4n) is 3.93. The summed E-state index contributed by atoms with van der Waals surface area (Å²) in [6.45, 7) is 7.57. The van der Waals surface area contributed by atoms with Crippen molar-refractivity contribution < 1.29 is 19.0 Å². The zero-order valence-electron chi connectivity index (χ0n) is 16.3. The topological polar surface area (TPSA) is 52.9 Å². The number of aromatic nitrogens is 1. The van der Waals surface area contributed by atoms with Gasteiger partial charge >= 0.3 is 0 Å². The van der Waals surface area contributed by atoms with Gasteiger partial charge in [-0.05, 0) is 45.2 Å². The Morgan fingerprint density at radius 1 is 1.35 bits per heavy atom. The van der Waals surface area contributed by atoms with Gasteiger partial charge in [0.15, 0.2) is 0 Å². The zero-order chi connectivity index (χ0) is 18.6. The standard InChI is InChI=1S/C20H32N2O4/c1-16(2)24-13-14-25-17-6-12-26-20(15-17)7-10-22(11-8-20)19(23)18-5-4-9-21(18)3/h4-5,9,16-17H,6-8,10-15H2,1-3H3. The Morgan fingerprint density at radius 3 is 2.77 bits per heavy atom. The summed E-state index contributed by atoms with van der Waals surface area (Å²) in [7, 11) is 1.91. The van der Waals surface area contributed by atoms with Crippen molar-refractivity contribution in [1.82, 2.24) is 9.47 Å². The van der Waals surface area contributed by atoms with Crippen LogP contribution in [-0.4, -0.2) is 66.1 Å². The summed E-state index contributed by atoms with van der Waals surface area (Å²) < 4.78 is 19.6. The Bertz CT molecular complexity index is 590. The number of piperidine rings is 1. The molecular weight excluding hydrogens is 332 g/mol. The maximum absolute atomic E-state index is 12.7. The van der Waals surface area contributed by atoms with E-state index >= 15 is 0 Å². The van der Waals surface area contributed by atoms with E-state index in [0.717, 1.165) is 51.1 Å². The average molecular weight is 364 g/mol. The van der Waals surface area contributed by atoms with Crippen LogP contribution in [0.1, 0.15) is 50.0 Å². The Kier molecular flexibility index (Phi) is 6.37. The van der Waals surface area contributed by atoms with Crippen LogP contribution in [0.15, 0.2) is 18.3 Å². The average Bonchev–Trinajstić information content (AvgIpc) is 3.05. The molecule has 1 atom stereocenters. The lowest BCUT2D eigenvalue weighted by molar-refractivity contribution is -0.156. The molecule has 146 valence electrons. The van der Waals surface area contributed by atoms with E-state index in [1.165, 1.54) is 0 Å². The van der Waals surface area contributed by atoms with Gasteiger partial charge in [0.1, 0.15) is 5.69 Å². The lowest BCUT2D eigenvalue weighted by Gasteiger charge is -2.46. The van der Waals surface area contributed by atoms with Gasteiger partial charge in [-0.3, -0.25) is 4.79 Å². The molecule has 1 aromatic rings. The number of rotatable bonds is 6. The second-order valence-corrected chi connectivity index (χ2v) is 7.73. The number of carbonyl (C=O) groups is 1. The third kappa shape index (κ3) is 4.67.